The second kappa shape index (κ2) is 7.31. The van der Waals surface area contributed by atoms with Crippen LogP contribution in [0.3, 0.4) is 0 Å². The van der Waals surface area contributed by atoms with Crippen molar-refractivity contribution in [1.29, 1.82) is 0 Å². The number of pyridine rings is 1. The number of fused-ring (bicyclic) bond motifs is 1. The van der Waals surface area contributed by atoms with Crippen molar-refractivity contribution in [3.8, 4) is 5.75 Å². The smallest absolute Gasteiger partial charge is 0.219 e. The number of hydrogen-bond acceptors (Lipinski definition) is 4. The second-order valence-corrected chi connectivity index (χ2v) is 7.91. The fourth-order valence-electron chi connectivity index (χ4n) is 4.29. The predicted octanol–water partition coefficient (Wildman–Crippen LogP) is 3.17. The van der Waals surface area contributed by atoms with E-state index in [1.807, 2.05) is 23.2 Å². The Labute approximate surface area is 161 Å². The lowest BCUT2D eigenvalue weighted by atomic mass is 9.91. The normalized spacial score (nSPS) is 22.8. The van der Waals surface area contributed by atoms with Crippen LogP contribution >= 0.6 is 0 Å². The summed E-state index contributed by atoms with van der Waals surface area (Å²) in [5, 5.41) is 0. The average molecular weight is 365 g/mol. The first-order valence-electron chi connectivity index (χ1n) is 9.69. The summed E-state index contributed by atoms with van der Waals surface area (Å²) < 4.78 is 6.63. The zero-order valence-corrected chi connectivity index (χ0v) is 16.1. The number of carbonyl (C=O) groups is 1. The molecule has 1 fully saturated rings. The Balaban J connectivity index is 1.61. The van der Waals surface area contributed by atoms with Crippen LogP contribution in [0.2, 0.25) is 0 Å². The molecule has 4 rings (SSSR count). The van der Waals surface area contributed by atoms with Crippen LogP contribution in [0.25, 0.3) is 0 Å². The number of benzene rings is 1. The highest BCUT2D eigenvalue weighted by Crippen LogP contribution is 2.35. The van der Waals surface area contributed by atoms with Crippen molar-refractivity contribution >= 4 is 5.91 Å². The zero-order chi connectivity index (χ0) is 18.9. The Bertz CT molecular complexity index is 824. The summed E-state index contributed by atoms with van der Waals surface area (Å²) >= 11 is 0. The van der Waals surface area contributed by atoms with Crippen molar-refractivity contribution in [2.75, 3.05) is 19.6 Å². The molecule has 0 saturated carbocycles. The summed E-state index contributed by atoms with van der Waals surface area (Å²) in [6.45, 7) is 7.64. The van der Waals surface area contributed by atoms with Gasteiger partial charge in [0.25, 0.3) is 0 Å². The summed E-state index contributed by atoms with van der Waals surface area (Å²) in [4.78, 5) is 21.1. The third kappa shape index (κ3) is 3.98. The second-order valence-electron chi connectivity index (χ2n) is 7.91. The van der Waals surface area contributed by atoms with Crippen LogP contribution in [-0.2, 0) is 17.9 Å². The third-order valence-electron chi connectivity index (χ3n) is 5.56. The number of carbonyl (C=O) groups excluding carboxylic acids is 1. The molecule has 5 nitrogen and oxygen atoms in total. The molecule has 1 amide bonds. The Morgan fingerprint density at radius 2 is 2.15 bits per heavy atom. The molecule has 0 bridgehead atoms. The maximum absolute atomic E-state index is 12.3. The van der Waals surface area contributed by atoms with E-state index in [2.05, 4.69) is 41.1 Å². The molecule has 0 N–H and O–H groups in total. The topological polar surface area (TPSA) is 45.7 Å². The van der Waals surface area contributed by atoms with E-state index in [4.69, 9.17) is 4.74 Å². The number of nitrogens with zero attached hydrogens (tertiary/aromatic N) is 3. The van der Waals surface area contributed by atoms with E-state index in [9.17, 15) is 4.79 Å². The molecule has 2 aliphatic rings. The molecule has 0 radical (unpaired) electrons. The maximum Gasteiger partial charge on any atom is 0.219 e. The van der Waals surface area contributed by atoms with Gasteiger partial charge >= 0.3 is 0 Å². The van der Waals surface area contributed by atoms with E-state index >= 15 is 0 Å². The lowest BCUT2D eigenvalue weighted by Gasteiger charge is -2.43. The molecule has 1 unspecified atom stereocenters. The molecule has 142 valence electrons. The average Bonchev–Trinajstić information content (AvgIpc) is 2.79. The number of aryl methyl sites for hydroxylation is 1. The van der Waals surface area contributed by atoms with E-state index in [1.54, 1.807) is 6.92 Å². The van der Waals surface area contributed by atoms with Crippen LogP contribution in [-0.4, -0.2) is 45.9 Å². The van der Waals surface area contributed by atoms with Crippen molar-refractivity contribution in [3.05, 3.63) is 59.4 Å². The highest BCUT2D eigenvalue weighted by Gasteiger charge is 2.42. The molecule has 3 heterocycles. The highest BCUT2D eigenvalue weighted by atomic mass is 16.5. The van der Waals surface area contributed by atoms with Gasteiger partial charge in [-0.2, -0.15) is 0 Å². The highest BCUT2D eigenvalue weighted by molar-refractivity contribution is 5.73. The van der Waals surface area contributed by atoms with Gasteiger partial charge in [-0.3, -0.25) is 14.7 Å². The minimum absolute atomic E-state index is 0.106. The first-order valence-corrected chi connectivity index (χ1v) is 9.69. The molecule has 5 heteroatoms. The first-order chi connectivity index (χ1) is 13.0. The largest absolute Gasteiger partial charge is 0.484 e. The van der Waals surface area contributed by atoms with E-state index in [0.29, 0.717) is 13.1 Å². The third-order valence-corrected chi connectivity index (χ3v) is 5.56. The minimum atomic E-state index is -0.362. The quantitative estimate of drug-likeness (QED) is 0.820. The van der Waals surface area contributed by atoms with Gasteiger partial charge in [-0.25, -0.2) is 0 Å². The lowest BCUT2D eigenvalue weighted by molar-refractivity contribution is -0.133. The molecular formula is C22H27N3O2. The molecule has 2 aromatic rings. The van der Waals surface area contributed by atoms with E-state index in [1.165, 1.54) is 5.56 Å². The number of likely N-dealkylation sites (tertiary alicyclic amines) is 1. The Morgan fingerprint density at radius 3 is 2.93 bits per heavy atom. The van der Waals surface area contributed by atoms with Gasteiger partial charge in [-0.05, 0) is 44.5 Å². The summed E-state index contributed by atoms with van der Waals surface area (Å²) in [7, 11) is 0. The zero-order valence-electron chi connectivity index (χ0n) is 16.1. The number of rotatable bonds is 2. The van der Waals surface area contributed by atoms with Gasteiger partial charge in [-0.1, -0.05) is 23.8 Å². The fraction of sp³-hybridized carbons (Fsp3) is 0.455. The number of piperidine rings is 1. The van der Waals surface area contributed by atoms with Crippen molar-refractivity contribution in [2.24, 2.45) is 0 Å². The summed E-state index contributed by atoms with van der Waals surface area (Å²) in [5.74, 6) is 1.03. The van der Waals surface area contributed by atoms with Crippen molar-refractivity contribution < 1.29 is 9.53 Å². The van der Waals surface area contributed by atoms with Gasteiger partial charge in [0.15, 0.2) is 0 Å². The number of ether oxygens (including phenoxy) is 1. The van der Waals surface area contributed by atoms with Gasteiger partial charge in [0.1, 0.15) is 11.4 Å². The summed E-state index contributed by atoms with van der Waals surface area (Å²) in [5.41, 5.74) is 3.00. The molecule has 2 aliphatic heterocycles. The van der Waals surface area contributed by atoms with E-state index in [-0.39, 0.29) is 11.5 Å². The van der Waals surface area contributed by atoms with Crippen molar-refractivity contribution in [1.82, 2.24) is 14.8 Å². The van der Waals surface area contributed by atoms with Crippen LogP contribution < -0.4 is 4.74 Å². The Kier molecular flexibility index (Phi) is 4.87. The number of amides is 1. The molecule has 1 atom stereocenters. The fourth-order valence-corrected chi connectivity index (χ4v) is 4.29. The predicted molar refractivity (Wildman–Crippen MR) is 104 cm³/mol. The van der Waals surface area contributed by atoms with Crippen molar-refractivity contribution in [2.45, 2.75) is 45.4 Å². The number of aromatic nitrogens is 1. The molecule has 0 aliphatic carbocycles. The summed E-state index contributed by atoms with van der Waals surface area (Å²) in [6.07, 6.45) is 3.86. The summed E-state index contributed by atoms with van der Waals surface area (Å²) in [6, 6.07) is 12.3. The molecule has 27 heavy (non-hydrogen) atoms. The maximum atomic E-state index is 12.3. The van der Waals surface area contributed by atoms with Crippen LogP contribution in [0.1, 0.15) is 36.6 Å². The Hall–Kier alpha value is -2.40. The molecule has 1 aromatic heterocycles. The van der Waals surface area contributed by atoms with Gasteiger partial charge in [-0.15, -0.1) is 0 Å². The van der Waals surface area contributed by atoms with Crippen molar-refractivity contribution in [3.63, 3.8) is 0 Å². The molecule has 1 saturated heterocycles. The lowest BCUT2D eigenvalue weighted by Crippen LogP contribution is -2.57. The Morgan fingerprint density at radius 1 is 1.26 bits per heavy atom. The van der Waals surface area contributed by atoms with Crippen LogP contribution in [0.15, 0.2) is 42.6 Å². The SMILES string of the molecule is CC(=O)N1Cc2cc(C)ccc2OC2(CCCN(Cc3ccccn3)C2)C1. The first kappa shape index (κ1) is 18.0. The van der Waals surface area contributed by atoms with Gasteiger partial charge in [0, 0.05) is 38.3 Å². The molecular weight excluding hydrogens is 338 g/mol. The van der Waals surface area contributed by atoms with Crippen LogP contribution in [0.4, 0.5) is 0 Å². The molecule has 1 aromatic carbocycles. The standard InChI is InChI=1S/C22H27N3O2/c1-17-7-8-21-19(12-17)13-25(18(2)26)16-22(27-21)9-5-11-24(15-22)14-20-6-3-4-10-23-20/h3-4,6-8,10,12H,5,9,11,13-16H2,1-2H3. The minimum Gasteiger partial charge on any atom is -0.484 e. The van der Waals surface area contributed by atoms with E-state index < -0.39 is 0 Å². The van der Waals surface area contributed by atoms with Gasteiger partial charge in [0.2, 0.25) is 5.91 Å². The number of hydrogen-bond donors (Lipinski definition) is 0. The van der Waals surface area contributed by atoms with Gasteiger partial charge < -0.3 is 9.64 Å². The van der Waals surface area contributed by atoms with Crippen LogP contribution in [0, 0.1) is 6.92 Å². The van der Waals surface area contributed by atoms with Gasteiger partial charge in [0.05, 0.1) is 12.2 Å². The van der Waals surface area contributed by atoms with E-state index in [0.717, 1.165) is 49.5 Å². The van der Waals surface area contributed by atoms with Crippen LogP contribution in [0.5, 0.6) is 5.75 Å². The molecule has 1 spiro atoms. The monoisotopic (exact) mass is 365 g/mol.